The molecular formula is C12H10F2N2O3. The molecule has 0 spiro atoms. The van der Waals surface area contributed by atoms with E-state index in [1.165, 1.54) is 13.1 Å². The summed E-state index contributed by atoms with van der Waals surface area (Å²) in [6, 6.07) is 2.76. The highest BCUT2D eigenvalue weighted by Gasteiger charge is 2.11. The fourth-order valence-corrected chi connectivity index (χ4v) is 1.55. The number of carbonyl (C=O) groups excluding carboxylic acids is 1. The number of rotatable bonds is 3. The van der Waals surface area contributed by atoms with Crippen LogP contribution in [0.15, 0.2) is 33.7 Å². The van der Waals surface area contributed by atoms with E-state index in [1.54, 1.807) is 0 Å². The first-order valence-corrected chi connectivity index (χ1v) is 5.37. The number of aromatic nitrogens is 1. The smallest absolute Gasteiger partial charge is 0.336 e. The topological polar surface area (TPSA) is 64.2 Å². The zero-order valence-corrected chi connectivity index (χ0v) is 9.94. The van der Waals surface area contributed by atoms with Gasteiger partial charge in [-0.3, -0.25) is 4.79 Å². The summed E-state index contributed by atoms with van der Waals surface area (Å²) in [5, 5.41) is 2.42. The molecule has 0 saturated heterocycles. The molecule has 2 aromatic rings. The van der Waals surface area contributed by atoms with Crippen LogP contribution in [0.25, 0.3) is 11.1 Å². The molecule has 1 amide bonds. The third-order valence-electron chi connectivity index (χ3n) is 2.35. The Labute approximate surface area is 106 Å². The van der Waals surface area contributed by atoms with Gasteiger partial charge >= 0.3 is 5.63 Å². The van der Waals surface area contributed by atoms with Crippen molar-refractivity contribution in [2.24, 2.45) is 0 Å². The van der Waals surface area contributed by atoms with E-state index < -0.39 is 17.3 Å². The molecule has 0 bridgehead atoms. The van der Waals surface area contributed by atoms with Crippen molar-refractivity contribution >= 4 is 5.91 Å². The Morgan fingerprint density at radius 1 is 1.32 bits per heavy atom. The van der Waals surface area contributed by atoms with Crippen molar-refractivity contribution in [3.8, 4) is 11.1 Å². The molecule has 1 N–H and O–H groups in total. The normalized spacial score (nSPS) is 10.5. The van der Waals surface area contributed by atoms with Gasteiger partial charge in [0.15, 0.2) is 0 Å². The van der Waals surface area contributed by atoms with Crippen molar-refractivity contribution in [2.75, 3.05) is 0 Å². The van der Waals surface area contributed by atoms with Crippen LogP contribution in [0.1, 0.15) is 6.92 Å². The van der Waals surface area contributed by atoms with Crippen LogP contribution in [0.2, 0.25) is 0 Å². The SMILES string of the molecule is CC(=O)NCn1cc(-c2cc(F)cc(F)c2)c(=O)o1. The fraction of sp³-hybridized carbons (Fsp3) is 0.167. The van der Waals surface area contributed by atoms with Crippen LogP contribution < -0.4 is 10.9 Å². The maximum absolute atomic E-state index is 13.1. The number of nitrogens with zero attached hydrogens (tertiary/aromatic N) is 1. The Kier molecular flexibility index (Phi) is 3.46. The Balaban J connectivity index is 2.34. The van der Waals surface area contributed by atoms with Gasteiger partial charge in [-0.05, 0) is 17.7 Å². The third-order valence-corrected chi connectivity index (χ3v) is 2.35. The molecule has 0 unspecified atom stereocenters. The first kappa shape index (κ1) is 13.0. The van der Waals surface area contributed by atoms with Gasteiger partial charge in [0.2, 0.25) is 5.91 Å². The van der Waals surface area contributed by atoms with Gasteiger partial charge < -0.3 is 9.84 Å². The largest absolute Gasteiger partial charge is 0.365 e. The van der Waals surface area contributed by atoms with Crippen molar-refractivity contribution in [2.45, 2.75) is 13.6 Å². The zero-order chi connectivity index (χ0) is 14.0. The van der Waals surface area contributed by atoms with Gasteiger partial charge in [0.25, 0.3) is 0 Å². The van der Waals surface area contributed by atoms with Crippen LogP contribution in [-0.4, -0.2) is 10.6 Å². The molecule has 7 heteroatoms. The van der Waals surface area contributed by atoms with Crippen LogP contribution in [-0.2, 0) is 11.5 Å². The average molecular weight is 268 g/mol. The predicted octanol–water partition coefficient (Wildman–Crippen LogP) is 1.48. The number of hydrogen-bond donors (Lipinski definition) is 1. The monoisotopic (exact) mass is 268 g/mol. The number of benzene rings is 1. The Hall–Kier alpha value is -2.44. The molecule has 1 aromatic carbocycles. The Morgan fingerprint density at radius 3 is 2.53 bits per heavy atom. The summed E-state index contributed by atoms with van der Waals surface area (Å²) in [5.74, 6) is -1.87. The number of hydrogen-bond acceptors (Lipinski definition) is 3. The molecule has 19 heavy (non-hydrogen) atoms. The minimum absolute atomic E-state index is 0.0174. The number of nitrogens with one attached hydrogen (secondary N) is 1. The minimum Gasteiger partial charge on any atom is -0.336 e. The molecule has 0 saturated carbocycles. The van der Waals surface area contributed by atoms with Gasteiger partial charge in [0.05, 0.1) is 11.8 Å². The lowest BCUT2D eigenvalue weighted by molar-refractivity contribution is -0.119. The second-order valence-corrected chi connectivity index (χ2v) is 3.89. The summed E-state index contributed by atoms with van der Waals surface area (Å²) in [6.07, 6.45) is 1.27. The molecule has 0 aliphatic rings. The van der Waals surface area contributed by atoms with Crippen LogP contribution in [0.4, 0.5) is 8.78 Å². The first-order chi connectivity index (χ1) is 8.95. The lowest BCUT2D eigenvalue weighted by atomic mass is 10.1. The van der Waals surface area contributed by atoms with Crippen molar-refractivity contribution in [3.05, 3.63) is 46.5 Å². The van der Waals surface area contributed by atoms with Crippen molar-refractivity contribution in [1.29, 1.82) is 0 Å². The van der Waals surface area contributed by atoms with Gasteiger partial charge in [-0.15, -0.1) is 0 Å². The van der Waals surface area contributed by atoms with E-state index in [0.29, 0.717) is 6.07 Å². The highest BCUT2D eigenvalue weighted by molar-refractivity contribution is 5.72. The van der Waals surface area contributed by atoms with Gasteiger partial charge in [-0.1, -0.05) is 0 Å². The maximum atomic E-state index is 13.1. The molecule has 0 fully saturated rings. The van der Waals surface area contributed by atoms with Gasteiger partial charge in [0.1, 0.15) is 18.3 Å². The fourth-order valence-electron chi connectivity index (χ4n) is 1.55. The summed E-state index contributed by atoms with van der Waals surface area (Å²) in [4.78, 5) is 22.3. The highest BCUT2D eigenvalue weighted by atomic mass is 19.1. The quantitative estimate of drug-likeness (QED) is 0.917. The molecule has 0 aliphatic heterocycles. The van der Waals surface area contributed by atoms with E-state index in [1.807, 2.05) is 0 Å². The lowest BCUT2D eigenvalue weighted by Crippen LogP contribution is -2.22. The molecule has 5 nitrogen and oxygen atoms in total. The van der Waals surface area contributed by atoms with Gasteiger partial charge in [-0.2, -0.15) is 4.74 Å². The summed E-state index contributed by atoms with van der Waals surface area (Å²) < 4.78 is 32.0. The van der Waals surface area contributed by atoms with Crippen LogP contribution >= 0.6 is 0 Å². The molecule has 0 atom stereocenters. The third kappa shape index (κ3) is 3.06. The zero-order valence-electron chi connectivity index (χ0n) is 9.94. The first-order valence-electron chi connectivity index (χ1n) is 5.37. The van der Waals surface area contributed by atoms with E-state index in [4.69, 9.17) is 4.52 Å². The lowest BCUT2D eigenvalue weighted by Gasteiger charge is -2.00. The van der Waals surface area contributed by atoms with Crippen LogP contribution in [0.5, 0.6) is 0 Å². The maximum Gasteiger partial charge on any atom is 0.365 e. The summed E-state index contributed by atoms with van der Waals surface area (Å²) in [6.45, 7) is 1.27. The van der Waals surface area contributed by atoms with Gasteiger partial charge in [0, 0.05) is 13.0 Å². The minimum atomic E-state index is -0.788. The molecule has 0 aliphatic carbocycles. The average Bonchev–Trinajstić information content (AvgIpc) is 2.66. The molecule has 0 radical (unpaired) electrons. The van der Waals surface area contributed by atoms with Crippen molar-refractivity contribution < 1.29 is 18.1 Å². The van der Waals surface area contributed by atoms with E-state index in [9.17, 15) is 18.4 Å². The standard InChI is InChI=1S/C12H10F2N2O3/c1-7(17)15-6-16-5-11(12(18)19-16)8-2-9(13)4-10(14)3-8/h2-5H,6H2,1H3,(H,15,17). The van der Waals surface area contributed by atoms with E-state index >= 15 is 0 Å². The Bertz CT molecular complexity index is 656. The number of amides is 1. The van der Waals surface area contributed by atoms with E-state index in [2.05, 4.69) is 5.32 Å². The van der Waals surface area contributed by atoms with Gasteiger partial charge in [-0.25, -0.2) is 13.6 Å². The predicted molar refractivity (Wildman–Crippen MR) is 62.1 cm³/mol. The molecule has 1 heterocycles. The van der Waals surface area contributed by atoms with Crippen molar-refractivity contribution in [1.82, 2.24) is 10.1 Å². The highest BCUT2D eigenvalue weighted by Crippen LogP contribution is 2.18. The summed E-state index contributed by atoms with van der Waals surface area (Å²) in [7, 11) is 0. The molecule has 100 valence electrons. The van der Waals surface area contributed by atoms with E-state index in [0.717, 1.165) is 16.9 Å². The second-order valence-electron chi connectivity index (χ2n) is 3.89. The summed E-state index contributed by atoms with van der Waals surface area (Å²) in [5.41, 5.74) is -0.646. The van der Waals surface area contributed by atoms with Crippen molar-refractivity contribution in [3.63, 3.8) is 0 Å². The molecule has 2 rings (SSSR count). The number of carbonyl (C=O) groups is 1. The Morgan fingerprint density at radius 2 is 1.95 bits per heavy atom. The van der Waals surface area contributed by atoms with E-state index in [-0.39, 0.29) is 23.7 Å². The molecule has 1 aromatic heterocycles. The second kappa shape index (κ2) is 5.05. The van der Waals surface area contributed by atoms with Crippen LogP contribution in [0.3, 0.4) is 0 Å². The number of halogens is 2. The molecular weight excluding hydrogens is 258 g/mol. The van der Waals surface area contributed by atoms with Crippen LogP contribution in [0, 0.1) is 11.6 Å². The summed E-state index contributed by atoms with van der Waals surface area (Å²) >= 11 is 0.